The molecule has 202 valence electrons. The van der Waals surface area contributed by atoms with Crippen molar-refractivity contribution in [3.63, 3.8) is 0 Å². The molecule has 9 heteroatoms. The highest BCUT2D eigenvalue weighted by Crippen LogP contribution is 2.26. The Morgan fingerprint density at radius 2 is 1.84 bits per heavy atom. The van der Waals surface area contributed by atoms with Gasteiger partial charge in [0.25, 0.3) is 5.91 Å². The maximum Gasteiger partial charge on any atom is 0.412 e. The number of benzene rings is 1. The van der Waals surface area contributed by atoms with E-state index in [0.29, 0.717) is 11.3 Å². The van der Waals surface area contributed by atoms with Crippen LogP contribution in [0.3, 0.4) is 0 Å². The first-order valence-corrected chi connectivity index (χ1v) is 13.1. The first-order chi connectivity index (χ1) is 18.0. The van der Waals surface area contributed by atoms with Gasteiger partial charge in [-0.25, -0.2) is 4.79 Å². The van der Waals surface area contributed by atoms with Crippen LogP contribution in [0.2, 0.25) is 0 Å². The van der Waals surface area contributed by atoms with Gasteiger partial charge >= 0.3 is 6.09 Å². The number of amides is 2. The van der Waals surface area contributed by atoms with Crippen molar-refractivity contribution >= 4 is 29.6 Å². The number of hydrogen-bond acceptors (Lipinski definition) is 7. The molecule has 0 spiro atoms. The van der Waals surface area contributed by atoms with Crippen LogP contribution in [0.15, 0.2) is 59.4 Å². The number of carbonyl (C=O) groups excluding carboxylic acids is 2. The van der Waals surface area contributed by atoms with Gasteiger partial charge in [-0.05, 0) is 102 Å². The fraction of sp³-hybridized carbons (Fsp3) is 0.448. The van der Waals surface area contributed by atoms with Crippen molar-refractivity contribution in [2.45, 2.75) is 83.8 Å². The Kier molecular flexibility index (Phi) is 8.16. The molecular weight excluding hydrogens is 480 g/mol. The SMILES string of the molecule is CC1=C(c2cccnc2)NC(C)(N[C@@H]2CCC[C@H](NC(=O)c3ccc(NC(=O)OC(C)(C)C)cc3)C2)N=C1. The zero-order valence-corrected chi connectivity index (χ0v) is 22.8. The Morgan fingerprint density at radius 3 is 2.53 bits per heavy atom. The molecule has 1 saturated carbocycles. The molecule has 2 amide bonds. The maximum atomic E-state index is 12.9. The molecule has 38 heavy (non-hydrogen) atoms. The van der Waals surface area contributed by atoms with E-state index in [-0.39, 0.29) is 18.0 Å². The Bertz CT molecular complexity index is 1200. The van der Waals surface area contributed by atoms with Gasteiger partial charge in [0.05, 0.1) is 5.70 Å². The average molecular weight is 519 g/mol. The van der Waals surface area contributed by atoms with E-state index in [4.69, 9.17) is 9.73 Å². The minimum absolute atomic E-state index is 0.0551. The van der Waals surface area contributed by atoms with E-state index in [1.54, 1.807) is 30.5 Å². The van der Waals surface area contributed by atoms with Crippen LogP contribution in [-0.2, 0) is 4.74 Å². The Balaban J connectivity index is 1.31. The third-order valence-electron chi connectivity index (χ3n) is 6.52. The van der Waals surface area contributed by atoms with E-state index in [1.165, 1.54) is 0 Å². The van der Waals surface area contributed by atoms with Crippen molar-refractivity contribution < 1.29 is 14.3 Å². The van der Waals surface area contributed by atoms with E-state index in [2.05, 4.69) is 26.3 Å². The Hall–Kier alpha value is -3.72. The first-order valence-electron chi connectivity index (χ1n) is 13.1. The lowest BCUT2D eigenvalue weighted by molar-refractivity contribution is 0.0635. The second-order valence-corrected chi connectivity index (χ2v) is 11.1. The predicted molar refractivity (Wildman–Crippen MR) is 150 cm³/mol. The lowest BCUT2D eigenvalue weighted by Crippen LogP contribution is -2.59. The number of ether oxygens (including phenoxy) is 1. The molecule has 2 aliphatic rings. The Morgan fingerprint density at radius 1 is 1.11 bits per heavy atom. The molecular formula is C29H38N6O3. The van der Waals surface area contributed by atoms with Crippen molar-refractivity contribution in [2.75, 3.05) is 5.32 Å². The van der Waals surface area contributed by atoms with Crippen LogP contribution < -0.4 is 21.3 Å². The van der Waals surface area contributed by atoms with E-state index in [9.17, 15) is 9.59 Å². The normalized spacial score (nSPS) is 23.4. The van der Waals surface area contributed by atoms with Gasteiger partial charge in [-0.3, -0.25) is 25.4 Å². The molecule has 0 bridgehead atoms. The van der Waals surface area contributed by atoms with Crippen LogP contribution in [0.4, 0.5) is 10.5 Å². The molecule has 9 nitrogen and oxygen atoms in total. The van der Waals surface area contributed by atoms with Gasteiger partial charge in [-0.15, -0.1) is 0 Å². The van der Waals surface area contributed by atoms with Gasteiger partial charge in [-0.2, -0.15) is 0 Å². The minimum Gasteiger partial charge on any atom is -0.444 e. The number of anilines is 1. The smallest absolute Gasteiger partial charge is 0.412 e. The number of pyridine rings is 1. The summed E-state index contributed by atoms with van der Waals surface area (Å²) in [5, 5.41) is 13.1. The second kappa shape index (κ2) is 11.3. The van der Waals surface area contributed by atoms with Gasteiger partial charge in [0.15, 0.2) is 5.79 Å². The zero-order chi connectivity index (χ0) is 27.3. The summed E-state index contributed by atoms with van der Waals surface area (Å²) in [7, 11) is 0. The van der Waals surface area contributed by atoms with Gasteiger partial charge in [0.1, 0.15) is 5.60 Å². The molecule has 2 aromatic rings. The fourth-order valence-corrected chi connectivity index (χ4v) is 4.79. The van der Waals surface area contributed by atoms with Gasteiger partial charge < -0.3 is 15.4 Å². The van der Waals surface area contributed by atoms with Crippen molar-refractivity contribution in [1.82, 2.24) is 20.9 Å². The number of rotatable bonds is 6. The molecule has 0 saturated heterocycles. The van der Waals surface area contributed by atoms with Crippen LogP contribution in [0.1, 0.15) is 76.2 Å². The topological polar surface area (TPSA) is 117 Å². The summed E-state index contributed by atoms with van der Waals surface area (Å²) < 4.78 is 5.27. The third kappa shape index (κ3) is 7.41. The minimum atomic E-state index is -0.655. The first kappa shape index (κ1) is 27.3. The van der Waals surface area contributed by atoms with Gasteiger partial charge in [0.2, 0.25) is 0 Å². The quantitative estimate of drug-likeness (QED) is 0.435. The standard InChI is InChI=1S/C29H38N6O3/c1-19-17-31-29(5,35-25(19)21-8-7-15-30-18-21)34-24-10-6-9-23(16-24)32-26(36)20-11-13-22(14-12-20)33-27(37)38-28(2,3)4/h7-8,11-15,17-18,23-24,34-35H,6,9-10,16H2,1-5H3,(H,32,36)(H,33,37)/t23-,24+,29?/m0/s1. The number of aliphatic imine (C=N–C) groups is 1. The van der Waals surface area contributed by atoms with Gasteiger partial charge in [-0.1, -0.05) is 0 Å². The summed E-state index contributed by atoms with van der Waals surface area (Å²) >= 11 is 0. The number of hydrogen-bond donors (Lipinski definition) is 4. The molecule has 4 rings (SSSR count). The van der Waals surface area contributed by atoms with Crippen LogP contribution in [-0.4, -0.2) is 46.7 Å². The summed E-state index contributed by atoms with van der Waals surface area (Å²) in [6.07, 6.45) is 8.73. The molecule has 4 N–H and O–H groups in total. The second-order valence-electron chi connectivity index (χ2n) is 11.1. The van der Waals surface area contributed by atoms with Crippen LogP contribution >= 0.6 is 0 Å². The largest absolute Gasteiger partial charge is 0.444 e. The van der Waals surface area contributed by atoms with Crippen molar-refractivity contribution in [3.05, 3.63) is 65.5 Å². The number of aromatic nitrogens is 1. The third-order valence-corrected chi connectivity index (χ3v) is 6.52. The van der Waals surface area contributed by atoms with Crippen molar-refractivity contribution in [1.29, 1.82) is 0 Å². The predicted octanol–water partition coefficient (Wildman–Crippen LogP) is 4.84. The maximum absolute atomic E-state index is 12.9. The van der Waals surface area contributed by atoms with Crippen LogP contribution in [0.5, 0.6) is 0 Å². The number of allylic oxidation sites excluding steroid dienone is 1. The van der Waals surface area contributed by atoms with Crippen LogP contribution in [0, 0.1) is 0 Å². The molecule has 2 heterocycles. The summed E-state index contributed by atoms with van der Waals surface area (Å²) in [6.45, 7) is 9.48. The monoisotopic (exact) mass is 518 g/mol. The van der Waals surface area contributed by atoms with E-state index in [0.717, 1.165) is 42.5 Å². The number of carbonyl (C=O) groups is 2. The zero-order valence-electron chi connectivity index (χ0n) is 22.8. The van der Waals surface area contributed by atoms with Crippen molar-refractivity contribution in [2.24, 2.45) is 4.99 Å². The van der Waals surface area contributed by atoms with E-state index < -0.39 is 17.5 Å². The summed E-state index contributed by atoms with van der Waals surface area (Å²) in [5.74, 6) is -0.782. The highest BCUT2D eigenvalue weighted by molar-refractivity contribution is 5.95. The number of nitrogens with zero attached hydrogens (tertiary/aromatic N) is 2. The summed E-state index contributed by atoms with van der Waals surface area (Å²) in [6, 6.07) is 11.0. The lowest BCUT2D eigenvalue weighted by Gasteiger charge is -2.39. The molecule has 0 radical (unpaired) electrons. The molecule has 3 atom stereocenters. The van der Waals surface area contributed by atoms with E-state index >= 15 is 0 Å². The lowest BCUT2D eigenvalue weighted by atomic mass is 9.90. The van der Waals surface area contributed by atoms with Gasteiger partial charge in [0, 0.05) is 47.5 Å². The molecule has 1 aliphatic carbocycles. The Labute approximate surface area is 224 Å². The summed E-state index contributed by atoms with van der Waals surface area (Å²) in [5.41, 5.74) is 3.62. The van der Waals surface area contributed by atoms with Crippen molar-refractivity contribution in [3.8, 4) is 0 Å². The molecule has 1 aromatic carbocycles. The highest BCUT2D eigenvalue weighted by atomic mass is 16.6. The van der Waals surface area contributed by atoms with Crippen LogP contribution in [0.25, 0.3) is 5.70 Å². The molecule has 1 aliphatic heterocycles. The summed E-state index contributed by atoms with van der Waals surface area (Å²) in [4.78, 5) is 33.9. The molecule has 1 aromatic heterocycles. The molecule has 1 unspecified atom stereocenters. The fourth-order valence-electron chi connectivity index (χ4n) is 4.79. The average Bonchev–Trinajstić information content (AvgIpc) is 2.85. The van der Waals surface area contributed by atoms with E-state index in [1.807, 2.05) is 59.2 Å². The number of nitrogens with one attached hydrogen (secondary N) is 4. The molecule has 1 fully saturated rings. The highest BCUT2D eigenvalue weighted by Gasteiger charge is 2.33.